The maximum atomic E-state index is 13.1. The molecule has 0 aliphatic carbocycles. The Morgan fingerprint density at radius 1 is 1.19 bits per heavy atom. The Labute approximate surface area is 170 Å². The summed E-state index contributed by atoms with van der Waals surface area (Å²) in [5.41, 5.74) is 0.211. The first-order valence-electron chi connectivity index (χ1n) is 8.84. The number of nitrogens with zero attached hydrogens (tertiary/aromatic N) is 1. The van der Waals surface area contributed by atoms with Gasteiger partial charge in [-0.25, -0.2) is 0 Å². The first-order chi connectivity index (χ1) is 11.9. The van der Waals surface area contributed by atoms with Gasteiger partial charge < -0.3 is 15.5 Å². The van der Waals surface area contributed by atoms with Crippen LogP contribution in [0.15, 0.2) is 18.2 Å². The molecule has 1 atom stereocenters. The van der Waals surface area contributed by atoms with E-state index in [1.807, 2.05) is 6.92 Å². The lowest BCUT2D eigenvalue weighted by Gasteiger charge is -2.33. The fourth-order valence-corrected chi connectivity index (χ4v) is 3.35. The Morgan fingerprint density at radius 2 is 1.81 bits per heavy atom. The summed E-state index contributed by atoms with van der Waals surface area (Å²) in [5.74, 6) is -0.210. The first kappa shape index (κ1) is 23.9. The summed E-state index contributed by atoms with van der Waals surface area (Å²) in [5, 5.41) is 5.88. The van der Waals surface area contributed by atoms with Gasteiger partial charge in [-0.1, -0.05) is 6.92 Å². The quantitative estimate of drug-likeness (QED) is 0.751. The number of hydrogen-bond acceptors (Lipinski definition) is 3. The number of anilines is 2. The largest absolute Gasteiger partial charge is 0.416 e. The van der Waals surface area contributed by atoms with Gasteiger partial charge in [0, 0.05) is 19.0 Å². The minimum absolute atomic E-state index is 0. The number of benzene rings is 1. The van der Waals surface area contributed by atoms with Crippen molar-refractivity contribution >= 4 is 42.1 Å². The van der Waals surface area contributed by atoms with Gasteiger partial charge in [0.15, 0.2) is 0 Å². The van der Waals surface area contributed by atoms with Gasteiger partial charge in [0.05, 0.1) is 16.9 Å². The standard InChI is InChI=1S/C18H24F3N3O.2ClH/c1-12(13-10-22-11-13)17(25)23-15-9-14(18(19,20)21)5-6-16(15)24-7-3-2-4-8-24;;/h5-6,9,12-13,22H,2-4,7-8,10-11H2,1H3,(H,23,25);2*1H. The van der Waals surface area contributed by atoms with Crippen LogP contribution in [0, 0.1) is 11.8 Å². The Kier molecular flexibility index (Phi) is 8.70. The molecule has 27 heavy (non-hydrogen) atoms. The number of piperidine rings is 1. The molecule has 1 aromatic rings. The lowest BCUT2D eigenvalue weighted by Crippen LogP contribution is -2.48. The third-order valence-corrected chi connectivity index (χ3v) is 5.21. The van der Waals surface area contributed by atoms with E-state index in [0.717, 1.165) is 57.6 Å². The van der Waals surface area contributed by atoms with Gasteiger partial charge >= 0.3 is 6.18 Å². The van der Waals surface area contributed by atoms with E-state index in [0.29, 0.717) is 5.69 Å². The highest BCUT2D eigenvalue weighted by atomic mass is 35.5. The van der Waals surface area contributed by atoms with Crippen LogP contribution in [0.2, 0.25) is 0 Å². The molecule has 9 heteroatoms. The molecule has 2 N–H and O–H groups in total. The lowest BCUT2D eigenvalue weighted by atomic mass is 9.88. The van der Waals surface area contributed by atoms with Crippen LogP contribution in [0.5, 0.6) is 0 Å². The smallest absolute Gasteiger partial charge is 0.370 e. The molecule has 0 spiro atoms. The monoisotopic (exact) mass is 427 g/mol. The SMILES string of the molecule is CC(C(=O)Nc1cc(C(F)(F)F)ccc1N1CCCCC1)C1CNC1.Cl.Cl. The molecule has 4 nitrogen and oxygen atoms in total. The molecule has 0 saturated carbocycles. The van der Waals surface area contributed by atoms with E-state index >= 15 is 0 Å². The molecule has 154 valence electrons. The number of carbonyl (C=O) groups excluding carboxylic acids is 1. The van der Waals surface area contributed by atoms with Crippen LogP contribution in [0.4, 0.5) is 24.5 Å². The van der Waals surface area contributed by atoms with Gasteiger partial charge in [0.1, 0.15) is 0 Å². The highest BCUT2D eigenvalue weighted by molar-refractivity contribution is 5.96. The zero-order chi connectivity index (χ0) is 18.0. The third kappa shape index (κ3) is 5.65. The topological polar surface area (TPSA) is 44.4 Å². The molecule has 0 aromatic heterocycles. The number of hydrogen-bond donors (Lipinski definition) is 2. The molecule has 1 unspecified atom stereocenters. The van der Waals surface area contributed by atoms with Crippen molar-refractivity contribution in [3.05, 3.63) is 23.8 Å². The van der Waals surface area contributed by atoms with Gasteiger partial charge in [-0.15, -0.1) is 24.8 Å². The predicted molar refractivity (Wildman–Crippen MR) is 106 cm³/mol. The van der Waals surface area contributed by atoms with Crippen LogP contribution in [0.25, 0.3) is 0 Å². The number of rotatable bonds is 4. The van der Waals surface area contributed by atoms with E-state index in [1.54, 1.807) is 0 Å². The Morgan fingerprint density at radius 3 is 2.33 bits per heavy atom. The fraction of sp³-hybridized carbons (Fsp3) is 0.611. The molecular weight excluding hydrogens is 402 g/mol. The Balaban J connectivity index is 0.00000182. The van der Waals surface area contributed by atoms with E-state index in [9.17, 15) is 18.0 Å². The van der Waals surface area contributed by atoms with Crippen LogP contribution in [-0.4, -0.2) is 32.1 Å². The van der Waals surface area contributed by atoms with E-state index in [4.69, 9.17) is 0 Å². The highest BCUT2D eigenvalue weighted by Gasteiger charge is 2.33. The highest BCUT2D eigenvalue weighted by Crippen LogP contribution is 2.36. The Hall–Kier alpha value is -1.18. The molecule has 1 aromatic carbocycles. The molecular formula is C18H26Cl2F3N3O. The van der Waals surface area contributed by atoms with E-state index in [1.165, 1.54) is 6.07 Å². The molecule has 2 aliphatic rings. The van der Waals surface area contributed by atoms with Crippen molar-refractivity contribution in [2.24, 2.45) is 11.8 Å². The summed E-state index contributed by atoms with van der Waals surface area (Å²) < 4.78 is 39.3. The van der Waals surface area contributed by atoms with Crippen molar-refractivity contribution in [1.82, 2.24) is 5.32 Å². The molecule has 0 radical (unpaired) electrons. The molecule has 1 amide bonds. The summed E-state index contributed by atoms with van der Waals surface area (Å²) in [6.45, 7) is 4.98. The zero-order valence-corrected chi connectivity index (χ0v) is 16.8. The zero-order valence-electron chi connectivity index (χ0n) is 15.1. The van der Waals surface area contributed by atoms with Crippen molar-refractivity contribution in [2.75, 3.05) is 36.4 Å². The van der Waals surface area contributed by atoms with Crippen molar-refractivity contribution in [3.8, 4) is 0 Å². The number of nitrogens with one attached hydrogen (secondary N) is 2. The van der Waals surface area contributed by atoms with Gasteiger partial charge in [0.25, 0.3) is 0 Å². The predicted octanol–water partition coefficient (Wildman–Crippen LogP) is 4.33. The summed E-state index contributed by atoms with van der Waals surface area (Å²) in [7, 11) is 0. The van der Waals surface area contributed by atoms with Crippen molar-refractivity contribution in [2.45, 2.75) is 32.4 Å². The van der Waals surface area contributed by atoms with Gasteiger partial charge in [-0.2, -0.15) is 13.2 Å². The van der Waals surface area contributed by atoms with Crippen LogP contribution < -0.4 is 15.5 Å². The summed E-state index contributed by atoms with van der Waals surface area (Å²) >= 11 is 0. The summed E-state index contributed by atoms with van der Waals surface area (Å²) in [4.78, 5) is 14.6. The first-order valence-corrected chi connectivity index (χ1v) is 8.84. The second kappa shape index (κ2) is 9.85. The maximum Gasteiger partial charge on any atom is 0.416 e. The average Bonchev–Trinajstić information content (AvgIpc) is 2.53. The minimum atomic E-state index is -4.43. The van der Waals surface area contributed by atoms with Gasteiger partial charge in [-0.3, -0.25) is 4.79 Å². The molecule has 2 fully saturated rings. The molecule has 0 bridgehead atoms. The van der Waals surface area contributed by atoms with Gasteiger partial charge in [-0.05, 0) is 56.5 Å². The number of carbonyl (C=O) groups is 1. The number of amides is 1. The van der Waals surface area contributed by atoms with Crippen LogP contribution >= 0.6 is 24.8 Å². The second-order valence-electron chi connectivity index (χ2n) is 6.97. The van der Waals surface area contributed by atoms with Crippen LogP contribution in [-0.2, 0) is 11.0 Å². The van der Waals surface area contributed by atoms with Crippen LogP contribution in [0.1, 0.15) is 31.7 Å². The van der Waals surface area contributed by atoms with Crippen molar-refractivity contribution < 1.29 is 18.0 Å². The van der Waals surface area contributed by atoms with E-state index in [-0.39, 0.29) is 48.2 Å². The molecule has 2 heterocycles. The molecule has 2 aliphatic heterocycles. The number of alkyl halides is 3. The van der Waals surface area contributed by atoms with Crippen molar-refractivity contribution in [3.63, 3.8) is 0 Å². The van der Waals surface area contributed by atoms with E-state index < -0.39 is 11.7 Å². The fourth-order valence-electron chi connectivity index (χ4n) is 3.35. The van der Waals surface area contributed by atoms with E-state index in [2.05, 4.69) is 15.5 Å². The normalized spacial score (nSPS) is 18.6. The molecule has 3 rings (SSSR count). The summed E-state index contributed by atoms with van der Waals surface area (Å²) in [6, 6.07) is 3.64. The van der Waals surface area contributed by atoms with Crippen molar-refractivity contribution in [1.29, 1.82) is 0 Å². The summed E-state index contributed by atoms with van der Waals surface area (Å²) in [6.07, 6.45) is -1.27. The number of halogens is 5. The average molecular weight is 428 g/mol. The molecule has 2 saturated heterocycles. The maximum absolute atomic E-state index is 13.1. The lowest BCUT2D eigenvalue weighted by molar-refractivity contribution is -0.137. The van der Waals surface area contributed by atoms with Crippen LogP contribution in [0.3, 0.4) is 0 Å². The second-order valence-corrected chi connectivity index (χ2v) is 6.97. The third-order valence-electron chi connectivity index (χ3n) is 5.21. The Bertz CT molecular complexity index is 633. The minimum Gasteiger partial charge on any atom is -0.370 e. The van der Waals surface area contributed by atoms with Gasteiger partial charge in [0.2, 0.25) is 5.91 Å².